The Hall–Kier alpha value is -0.780. The molecule has 1 rings (SSSR count). The van der Waals surface area contributed by atoms with Crippen molar-refractivity contribution in [2.45, 2.75) is 0 Å². The lowest BCUT2D eigenvalue weighted by molar-refractivity contribution is 0.102. The Morgan fingerprint density at radius 3 is 2.67 bits per heavy atom. The van der Waals surface area contributed by atoms with Crippen molar-refractivity contribution in [3.8, 4) is 11.5 Å². The van der Waals surface area contributed by atoms with Gasteiger partial charge in [0.1, 0.15) is 0 Å². The summed E-state index contributed by atoms with van der Waals surface area (Å²) in [6.07, 6.45) is 0. The number of halogens is 1. The number of carbonyl (C=O) groups is 1. The van der Waals surface area contributed by atoms with E-state index in [1.807, 2.05) is 22.6 Å². The second-order valence-electron chi connectivity index (χ2n) is 2.23. The van der Waals surface area contributed by atoms with Gasteiger partial charge in [-0.15, -0.1) is 0 Å². The van der Waals surface area contributed by atoms with E-state index in [0.29, 0.717) is 0 Å². The van der Waals surface area contributed by atoms with E-state index in [0.717, 1.165) is 0 Å². The molecule has 3 nitrogen and oxygen atoms in total. The van der Waals surface area contributed by atoms with E-state index in [1.54, 1.807) is 0 Å². The van der Waals surface area contributed by atoms with Crippen molar-refractivity contribution in [3.05, 3.63) is 23.8 Å². The molecule has 0 amide bonds. The van der Waals surface area contributed by atoms with Crippen LogP contribution in [-0.4, -0.2) is 20.4 Å². The number of alkyl halides is 1. The summed E-state index contributed by atoms with van der Waals surface area (Å²) in [6.45, 7) is 0. The van der Waals surface area contributed by atoms with Crippen molar-refractivity contribution < 1.29 is 15.0 Å². The largest absolute Gasteiger partial charge is 0.504 e. The standard InChI is InChI=1S/C8H7IO3/c9-4-7(11)5-2-1-3-6(10)8(5)12/h1-3,10,12H,4H2. The fourth-order valence-electron chi connectivity index (χ4n) is 0.828. The molecule has 0 saturated heterocycles. The van der Waals surface area contributed by atoms with Crippen LogP contribution in [0.2, 0.25) is 0 Å². The van der Waals surface area contributed by atoms with Gasteiger partial charge in [0.05, 0.1) is 9.99 Å². The van der Waals surface area contributed by atoms with Crippen molar-refractivity contribution in [1.29, 1.82) is 0 Å². The van der Waals surface area contributed by atoms with Crippen molar-refractivity contribution in [2.75, 3.05) is 4.43 Å². The molecule has 0 aliphatic heterocycles. The zero-order valence-corrected chi connectivity index (χ0v) is 8.28. The Morgan fingerprint density at radius 2 is 2.08 bits per heavy atom. The maximum absolute atomic E-state index is 11.1. The summed E-state index contributed by atoms with van der Waals surface area (Å²) >= 11 is 1.90. The summed E-state index contributed by atoms with van der Waals surface area (Å²) in [7, 11) is 0. The van der Waals surface area contributed by atoms with Crippen LogP contribution in [0.1, 0.15) is 10.4 Å². The summed E-state index contributed by atoms with van der Waals surface area (Å²) in [4.78, 5) is 11.1. The predicted molar refractivity (Wildman–Crippen MR) is 53.0 cm³/mol. The summed E-state index contributed by atoms with van der Waals surface area (Å²) in [5.74, 6) is -0.783. The first kappa shape index (κ1) is 9.31. The molecule has 0 fully saturated rings. The molecule has 0 unspecified atom stereocenters. The smallest absolute Gasteiger partial charge is 0.176 e. The highest BCUT2D eigenvalue weighted by molar-refractivity contribution is 14.1. The lowest BCUT2D eigenvalue weighted by Gasteiger charge is -2.01. The predicted octanol–water partition coefficient (Wildman–Crippen LogP) is 1.72. The van der Waals surface area contributed by atoms with Crippen LogP contribution < -0.4 is 0 Å². The Morgan fingerprint density at radius 1 is 1.42 bits per heavy atom. The van der Waals surface area contributed by atoms with E-state index in [4.69, 9.17) is 5.11 Å². The van der Waals surface area contributed by atoms with E-state index in [1.165, 1.54) is 18.2 Å². The third-order valence-corrected chi connectivity index (χ3v) is 2.13. The molecular weight excluding hydrogens is 271 g/mol. The first-order valence-corrected chi connectivity index (χ1v) is 4.79. The number of hydrogen-bond donors (Lipinski definition) is 2. The second-order valence-corrected chi connectivity index (χ2v) is 2.99. The average molecular weight is 278 g/mol. The highest BCUT2D eigenvalue weighted by atomic mass is 127. The third-order valence-electron chi connectivity index (χ3n) is 1.44. The van der Waals surface area contributed by atoms with Crippen LogP contribution in [0.15, 0.2) is 18.2 Å². The number of carbonyl (C=O) groups excluding carboxylic acids is 1. The molecule has 0 saturated carbocycles. The molecular formula is C8H7IO3. The SMILES string of the molecule is O=C(CI)c1cccc(O)c1O. The number of hydrogen-bond acceptors (Lipinski definition) is 3. The zero-order valence-electron chi connectivity index (χ0n) is 6.12. The minimum absolute atomic E-state index is 0.171. The lowest BCUT2D eigenvalue weighted by Crippen LogP contribution is -1.99. The molecule has 64 valence electrons. The lowest BCUT2D eigenvalue weighted by atomic mass is 10.1. The number of rotatable bonds is 2. The maximum atomic E-state index is 11.1. The van der Waals surface area contributed by atoms with Crippen LogP contribution in [-0.2, 0) is 0 Å². The van der Waals surface area contributed by atoms with Crippen LogP contribution in [0.5, 0.6) is 11.5 Å². The Balaban J connectivity index is 3.16. The molecule has 12 heavy (non-hydrogen) atoms. The summed E-state index contributed by atoms with van der Waals surface area (Å²) < 4.78 is 0.286. The minimum atomic E-state index is -0.334. The van der Waals surface area contributed by atoms with E-state index in [2.05, 4.69) is 0 Å². The monoisotopic (exact) mass is 278 g/mol. The molecule has 2 N–H and O–H groups in total. The van der Waals surface area contributed by atoms with Crippen molar-refractivity contribution >= 4 is 28.4 Å². The van der Waals surface area contributed by atoms with E-state index in [9.17, 15) is 9.90 Å². The highest BCUT2D eigenvalue weighted by Gasteiger charge is 2.11. The molecule has 0 bridgehead atoms. The van der Waals surface area contributed by atoms with Gasteiger partial charge in [0, 0.05) is 0 Å². The summed E-state index contributed by atoms with van der Waals surface area (Å²) in [5.41, 5.74) is 0.171. The molecule has 0 aromatic heterocycles. The van der Waals surface area contributed by atoms with Gasteiger partial charge in [-0.25, -0.2) is 0 Å². The average Bonchev–Trinajstić information content (AvgIpc) is 2.08. The quantitative estimate of drug-likeness (QED) is 0.375. The Kier molecular flexibility index (Phi) is 2.91. The first-order chi connectivity index (χ1) is 5.66. The van der Waals surface area contributed by atoms with Gasteiger partial charge in [-0.05, 0) is 12.1 Å². The number of benzene rings is 1. The van der Waals surface area contributed by atoms with E-state index >= 15 is 0 Å². The van der Waals surface area contributed by atoms with Crippen molar-refractivity contribution in [1.82, 2.24) is 0 Å². The van der Waals surface area contributed by atoms with Gasteiger partial charge < -0.3 is 10.2 Å². The summed E-state index contributed by atoms with van der Waals surface area (Å²) in [5, 5.41) is 18.3. The van der Waals surface area contributed by atoms with Gasteiger partial charge in [-0.3, -0.25) is 4.79 Å². The Labute approximate surface area is 83.2 Å². The van der Waals surface area contributed by atoms with Gasteiger partial charge in [0.2, 0.25) is 0 Å². The number of ketones is 1. The number of phenols is 2. The molecule has 1 aromatic rings. The number of phenolic OH excluding ortho intramolecular Hbond substituents is 2. The molecule has 0 heterocycles. The van der Waals surface area contributed by atoms with Gasteiger partial charge in [-0.2, -0.15) is 0 Å². The molecule has 1 aromatic carbocycles. The van der Waals surface area contributed by atoms with Crippen LogP contribution in [0.3, 0.4) is 0 Å². The molecule has 4 heteroatoms. The molecule has 0 radical (unpaired) electrons. The number of Topliss-reactive ketones (excluding diaryl/α,β-unsaturated/α-hetero) is 1. The fraction of sp³-hybridized carbons (Fsp3) is 0.125. The first-order valence-electron chi connectivity index (χ1n) is 3.27. The molecule has 0 spiro atoms. The normalized spacial score (nSPS) is 9.75. The van der Waals surface area contributed by atoms with Gasteiger partial charge >= 0.3 is 0 Å². The third kappa shape index (κ3) is 1.69. The van der Waals surface area contributed by atoms with Crippen LogP contribution in [0.25, 0.3) is 0 Å². The molecule has 0 atom stereocenters. The van der Waals surface area contributed by atoms with Crippen LogP contribution in [0.4, 0.5) is 0 Å². The van der Waals surface area contributed by atoms with Gasteiger partial charge in [-0.1, -0.05) is 28.7 Å². The van der Waals surface area contributed by atoms with Gasteiger partial charge in [0.15, 0.2) is 17.3 Å². The highest BCUT2D eigenvalue weighted by Crippen LogP contribution is 2.28. The van der Waals surface area contributed by atoms with Gasteiger partial charge in [0.25, 0.3) is 0 Å². The van der Waals surface area contributed by atoms with E-state index < -0.39 is 0 Å². The van der Waals surface area contributed by atoms with E-state index in [-0.39, 0.29) is 27.3 Å². The molecule has 0 aliphatic carbocycles. The second kappa shape index (κ2) is 3.75. The van der Waals surface area contributed by atoms with Crippen LogP contribution >= 0.6 is 22.6 Å². The molecule has 0 aliphatic rings. The minimum Gasteiger partial charge on any atom is -0.504 e. The van der Waals surface area contributed by atoms with Crippen molar-refractivity contribution in [3.63, 3.8) is 0 Å². The summed E-state index contributed by atoms with van der Waals surface area (Å²) in [6, 6.07) is 4.34. The zero-order chi connectivity index (χ0) is 9.14. The topological polar surface area (TPSA) is 57.5 Å². The van der Waals surface area contributed by atoms with Crippen molar-refractivity contribution in [2.24, 2.45) is 0 Å². The number of para-hydroxylation sites is 1. The number of aromatic hydroxyl groups is 2. The fourth-order valence-corrected chi connectivity index (χ4v) is 1.24. The maximum Gasteiger partial charge on any atom is 0.176 e. The Bertz CT molecular complexity index is 309. The van der Waals surface area contributed by atoms with Crippen LogP contribution in [0, 0.1) is 0 Å².